The van der Waals surface area contributed by atoms with Crippen molar-refractivity contribution in [2.75, 3.05) is 19.6 Å². The van der Waals surface area contributed by atoms with E-state index in [4.69, 9.17) is 5.26 Å². The summed E-state index contributed by atoms with van der Waals surface area (Å²) >= 11 is 0. The molecule has 0 radical (unpaired) electrons. The maximum Gasteiger partial charge on any atom is 0.408 e. The molecule has 2 rings (SSSR count). The lowest BCUT2D eigenvalue weighted by molar-refractivity contribution is 0.0682. The number of nitrogens with zero attached hydrogens (tertiary/aromatic N) is 3. The molecule has 2 atom stereocenters. The lowest BCUT2D eigenvalue weighted by Crippen LogP contribution is -2.53. The van der Waals surface area contributed by atoms with Crippen LogP contribution in [0.15, 0.2) is 30.3 Å². The van der Waals surface area contributed by atoms with Crippen LogP contribution in [0.5, 0.6) is 0 Å². The number of benzene rings is 1. The molecule has 1 aromatic rings. The Kier molecular flexibility index (Phi) is 4.72. The third-order valence-electron chi connectivity index (χ3n) is 4.15. The zero-order valence-electron chi connectivity index (χ0n) is 13.4. The van der Waals surface area contributed by atoms with Gasteiger partial charge in [-0.25, -0.2) is 4.79 Å². The topological polar surface area (TPSA) is 67.6 Å². The van der Waals surface area contributed by atoms with Crippen molar-refractivity contribution >= 4 is 6.09 Å². The maximum absolute atomic E-state index is 11.8. The second-order valence-corrected chi connectivity index (χ2v) is 6.76. The molecule has 1 amide bonds. The van der Waals surface area contributed by atoms with Gasteiger partial charge in [0.05, 0.1) is 18.7 Å². The minimum Gasteiger partial charge on any atom is -0.465 e. The summed E-state index contributed by atoms with van der Waals surface area (Å²) in [5.41, 5.74) is 0.648. The number of amides is 1. The lowest BCUT2D eigenvalue weighted by atomic mass is 9.90. The van der Waals surface area contributed by atoms with Gasteiger partial charge >= 0.3 is 6.09 Å². The first kappa shape index (κ1) is 16.3. The Morgan fingerprint density at radius 3 is 2.50 bits per heavy atom. The van der Waals surface area contributed by atoms with Gasteiger partial charge in [0.15, 0.2) is 0 Å². The van der Waals surface area contributed by atoms with Crippen LogP contribution in [0.2, 0.25) is 0 Å². The van der Waals surface area contributed by atoms with Crippen LogP contribution in [0.1, 0.15) is 32.3 Å². The Labute approximate surface area is 131 Å². The summed E-state index contributed by atoms with van der Waals surface area (Å²) in [6.07, 6.45) is -0.905. The molecule has 22 heavy (non-hydrogen) atoms. The number of rotatable bonds is 3. The van der Waals surface area contributed by atoms with Gasteiger partial charge in [0.25, 0.3) is 0 Å². The van der Waals surface area contributed by atoms with Crippen molar-refractivity contribution in [3.8, 4) is 6.07 Å². The number of likely N-dealkylation sites (tertiary alicyclic amines) is 1. The van der Waals surface area contributed by atoms with E-state index in [9.17, 15) is 9.90 Å². The van der Waals surface area contributed by atoms with E-state index in [1.165, 1.54) is 0 Å². The molecule has 0 bridgehead atoms. The normalized spacial score (nSPS) is 22.3. The zero-order chi connectivity index (χ0) is 16.3. The molecular formula is C17H23N3O2. The molecule has 1 saturated heterocycles. The molecular weight excluding hydrogens is 278 g/mol. The van der Waals surface area contributed by atoms with Crippen molar-refractivity contribution in [2.45, 2.75) is 38.3 Å². The first-order valence-electron chi connectivity index (χ1n) is 7.51. The van der Waals surface area contributed by atoms with Crippen LogP contribution in [0, 0.1) is 11.3 Å². The molecule has 5 heteroatoms. The SMILES string of the molecule is CC(C)(C)N(C(=O)O)[C@@H]1CN(CC#N)C[C@H]1c1ccccc1. The summed E-state index contributed by atoms with van der Waals surface area (Å²) in [5.74, 6) is 0.0878. The summed E-state index contributed by atoms with van der Waals surface area (Å²) in [4.78, 5) is 15.4. The highest BCUT2D eigenvalue weighted by Crippen LogP contribution is 2.34. The van der Waals surface area contributed by atoms with Crippen molar-refractivity contribution in [1.29, 1.82) is 5.26 Å². The molecule has 5 nitrogen and oxygen atoms in total. The number of nitriles is 1. The monoisotopic (exact) mass is 301 g/mol. The summed E-state index contributed by atoms with van der Waals surface area (Å²) in [6.45, 7) is 7.37. The second kappa shape index (κ2) is 6.37. The summed E-state index contributed by atoms with van der Waals surface area (Å²) < 4.78 is 0. The molecule has 1 fully saturated rings. The quantitative estimate of drug-likeness (QED) is 0.872. The minimum absolute atomic E-state index is 0.0878. The molecule has 1 aliphatic heterocycles. The third-order valence-corrected chi connectivity index (χ3v) is 4.15. The molecule has 1 aliphatic rings. The number of carboxylic acid groups (broad SMARTS) is 1. The Hall–Kier alpha value is -2.06. The number of hydrogen-bond acceptors (Lipinski definition) is 3. The second-order valence-electron chi connectivity index (χ2n) is 6.76. The molecule has 0 saturated carbocycles. The van der Waals surface area contributed by atoms with E-state index < -0.39 is 11.6 Å². The van der Waals surface area contributed by atoms with Gasteiger partial charge in [-0.1, -0.05) is 30.3 Å². The van der Waals surface area contributed by atoms with Crippen LogP contribution in [-0.2, 0) is 0 Å². The standard InChI is InChI=1S/C17H23N3O2/c1-17(2,3)20(16(21)22)15-12-19(10-9-18)11-14(15)13-7-5-4-6-8-13/h4-8,14-15H,10-12H2,1-3H3,(H,21,22)/t14-,15+/m0/s1. The van der Waals surface area contributed by atoms with Crippen molar-refractivity contribution in [3.63, 3.8) is 0 Å². The van der Waals surface area contributed by atoms with Crippen LogP contribution >= 0.6 is 0 Å². The Morgan fingerprint density at radius 2 is 2.00 bits per heavy atom. The fraction of sp³-hybridized carbons (Fsp3) is 0.529. The molecule has 1 heterocycles. The van der Waals surface area contributed by atoms with E-state index in [-0.39, 0.29) is 12.0 Å². The molecule has 0 aromatic heterocycles. The highest BCUT2D eigenvalue weighted by atomic mass is 16.4. The van der Waals surface area contributed by atoms with Crippen molar-refractivity contribution in [1.82, 2.24) is 9.80 Å². The van der Waals surface area contributed by atoms with E-state index in [0.717, 1.165) is 5.56 Å². The predicted octanol–water partition coefficient (Wildman–Crippen LogP) is 2.76. The van der Waals surface area contributed by atoms with E-state index in [2.05, 4.69) is 6.07 Å². The first-order valence-corrected chi connectivity index (χ1v) is 7.51. The number of carbonyl (C=O) groups is 1. The van der Waals surface area contributed by atoms with Crippen LogP contribution in [-0.4, -0.2) is 52.2 Å². The van der Waals surface area contributed by atoms with Gasteiger partial charge in [-0.15, -0.1) is 0 Å². The van der Waals surface area contributed by atoms with Gasteiger partial charge < -0.3 is 5.11 Å². The van der Waals surface area contributed by atoms with Crippen LogP contribution in [0.4, 0.5) is 4.79 Å². The molecule has 0 unspecified atom stereocenters. The number of hydrogen-bond donors (Lipinski definition) is 1. The van der Waals surface area contributed by atoms with E-state index >= 15 is 0 Å². The molecule has 0 spiro atoms. The molecule has 1 N–H and O–H groups in total. The lowest BCUT2D eigenvalue weighted by Gasteiger charge is -2.40. The molecule has 118 valence electrons. The van der Waals surface area contributed by atoms with Gasteiger partial charge in [-0.05, 0) is 26.3 Å². The minimum atomic E-state index is -0.905. The Morgan fingerprint density at radius 1 is 1.36 bits per heavy atom. The van der Waals surface area contributed by atoms with Crippen LogP contribution in [0.25, 0.3) is 0 Å². The summed E-state index contributed by atoms with van der Waals surface area (Å²) in [5, 5.41) is 18.6. The summed E-state index contributed by atoms with van der Waals surface area (Å²) in [6, 6.07) is 12.0. The fourth-order valence-electron chi connectivity index (χ4n) is 3.31. The maximum atomic E-state index is 11.8. The van der Waals surface area contributed by atoms with Crippen molar-refractivity contribution < 1.29 is 9.90 Å². The first-order chi connectivity index (χ1) is 10.3. The van der Waals surface area contributed by atoms with E-state index in [1.807, 2.05) is 56.0 Å². The average molecular weight is 301 g/mol. The van der Waals surface area contributed by atoms with Gasteiger partial charge in [0.2, 0.25) is 0 Å². The van der Waals surface area contributed by atoms with Gasteiger partial charge in [0.1, 0.15) is 0 Å². The van der Waals surface area contributed by atoms with Crippen LogP contribution < -0.4 is 0 Å². The van der Waals surface area contributed by atoms with Crippen LogP contribution in [0.3, 0.4) is 0 Å². The summed E-state index contributed by atoms with van der Waals surface area (Å²) in [7, 11) is 0. The van der Waals surface area contributed by atoms with Crippen molar-refractivity contribution in [2.24, 2.45) is 0 Å². The smallest absolute Gasteiger partial charge is 0.408 e. The van der Waals surface area contributed by atoms with Gasteiger partial charge in [0, 0.05) is 24.5 Å². The van der Waals surface area contributed by atoms with E-state index in [0.29, 0.717) is 19.6 Å². The average Bonchev–Trinajstić information content (AvgIpc) is 2.81. The third kappa shape index (κ3) is 3.40. The Balaban J connectivity index is 2.36. The molecule has 1 aromatic carbocycles. The van der Waals surface area contributed by atoms with Gasteiger partial charge in [-0.2, -0.15) is 5.26 Å². The Bertz CT molecular complexity index is 560. The van der Waals surface area contributed by atoms with Gasteiger partial charge in [-0.3, -0.25) is 9.80 Å². The predicted molar refractivity (Wildman–Crippen MR) is 84.6 cm³/mol. The largest absolute Gasteiger partial charge is 0.465 e. The highest BCUT2D eigenvalue weighted by molar-refractivity contribution is 5.67. The van der Waals surface area contributed by atoms with Crippen molar-refractivity contribution in [3.05, 3.63) is 35.9 Å². The fourth-order valence-corrected chi connectivity index (χ4v) is 3.31. The zero-order valence-corrected chi connectivity index (χ0v) is 13.4. The van der Waals surface area contributed by atoms with E-state index in [1.54, 1.807) is 4.90 Å². The molecule has 0 aliphatic carbocycles. The highest BCUT2D eigenvalue weighted by Gasteiger charge is 2.43.